The molecule has 2 amide bonds. The van der Waals surface area contributed by atoms with Crippen LogP contribution >= 0.6 is 0 Å². The molecule has 368 valence electrons. The van der Waals surface area contributed by atoms with Crippen LogP contribution in [0.2, 0.25) is 0 Å². The van der Waals surface area contributed by atoms with Crippen LogP contribution in [0.15, 0.2) is 73.8 Å². The van der Waals surface area contributed by atoms with Crippen molar-refractivity contribution in [2.45, 2.75) is 39.5 Å². The van der Waals surface area contributed by atoms with Crippen molar-refractivity contribution in [1.29, 1.82) is 0 Å². The number of pyridine rings is 4. The van der Waals surface area contributed by atoms with Crippen molar-refractivity contribution in [2.75, 3.05) is 59.0 Å². The largest absolute Gasteiger partial charge is 0.474 e. The molecule has 8 heterocycles. The number of fused-ring (bicyclic) bond motifs is 4. The molecule has 4 aliphatic rings. The lowest BCUT2D eigenvalue weighted by molar-refractivity contribution is -0.118. The highest BCUT2D eigenvalue weighted by Crippen LogP contribution is 2.55. The van der Waals surface area contributed by atoms with E-state index < -0.39 is 11.6 Å². The Morgan fingerprint density at radius 3 is 1.43 bits per heavy atom. The molecule has 0 saturated heterocycles. The van der Waals surface area contributed by atoms with E-state index in [2.05, 4.69) is 65.2 Å². The summed E-state index contributed by atoms with van der Waals surface area (Å²) in [5.41, 5.74) is 19.5. The van der Waals surface area contributed by atoms with Gasteiger partial charge in [0.05, 0.1) is 23.8 Å². The molecule has 2 aliphatic heterocycles. The molecule has 6 atom stereocenters. The zero-order valence-electron chi connectivity index (χ0n) is 40.3. The van der Waals surface area contributed by atoms with Crippen molar-refractivity contribution in [3.05, 3.63) is 108 Å². The van der Waals surface area contributed by atoms with Crippen LogP contribution in [-0.2, 0) is 23.7 Å². The fraction of sp³-hybridized carbons (Fsp3) is 0.308. The summed E-state index contributed by atoms with van der Waals surface area (Å²) in [5, 5.41) is 23.1. The lowest BCUT2D eigenvalue weighted by Crippen LogP contribution is -2.20. The van der Waals surface area contributed by atoms with Crippen LogP contribution in [0.25, 0.3) is 43.8 Å². The van der Waals surface area contributed by atoms with Crippen LogP contribution in [0, 0.1) is 49.2 Å². The van der Waals surface area contributed by atoms with Crippen LogP contribution in [0.1, 0.15) is 47.9 Å². The van der Waals surface area contributed by atoms with Crippen molar-refractivity contribution in [2.24, 2.45) is 37.8 Å². The average Bonchev–Trinajstić information content (AvgIpc) is 4.08. The molecule has 8 N–H and O–H groups in total. The topological polar surface area (TPSA) is 240 Å². The SMILES string of the molecule is Cc1c(-c2cc3cc(NC(=O)[C@@H]4[C@H](C)[C@H]4c4cnn(C)c4)ncc3c(N)c2F)cnc2c1NCCO2.Cc1c(-c2cc3cc(NC(=O)[C@H]4[C@@H](C)[C@@H]4c4cnn(C)c4)ncc3c(N)c2F)cnc2c1NCCO2. The number of aromatic nitrogens is 8. The molecule has 2 fully saturated rings. The highest BCUT2D eigenvalue weighted by atomic mass is 19.1. The Balaban J connectivity index is 0.000000156. The molecule has 0 unspecified atom stereocenters. The van der Waals surface area contributed by atoms with Gasteiger partial charge >= 0.3 is 0 Å². The molecule has 12 rings (SSSR count). The summed E-state index contributed by atoms with van der Waals surface area (Å²) in [4.78, 5) is 43.4. The van der Waals surface area contributed by atoms with Gasteiger partial charge in [0.15, 0.2) is 11.6 Å². The summed E-state index contributed by atoms with van der Waals surface area (Å²) in [5.74, 6) is 0.911. The number of nitrogens with zero attached hydrogens (tertiary/aromatic N) is 8. The molecular weight excluding hydrogens is 923 g/mol. The molecule has 2 aromatic carbocycles. The molecule has 0 radical (unpaired) electrons. The molecular formula is C52H52F2N14O4. The van der Waals surface area contributed by atoms with Gasteiger partial charge in [-0.15, -0.1) is 0 Å². The fourth-order valence-electron chi connectivity index (χ4n) is 10.5. The zero-order chi connectivity index (χ0) is 50.3. The van der Waals surface area contributed by atoms with Gasteiger partial charge in [-0.3, -0.25) is 19.0 Å². The number of nitrogens with one attached hydrogen (secondary N) is 4. The summed E-state index contributed by atoms with van der Waals surface area (Å²) in [7, 11) is 3.72. The highest BCUT2D eigenvalue weighted by Gasteiger charge is 2.54. The summed E-state index contributed by atoms with van der Waals surface area (Å²) in [6.45, 7) is 10.3. The number of amides is 2. The first-order valence-electron chi connectivity index (χ1n) is 23.7. The molecule has 8 aromatic rings. The lowest BCUT2D eigenvalue weighted by Gasteiger charge is -2.22. The van der Waals surface area contributed by atoms with E-state index in [9.17, 15) is 9.59 Å². The minimum Gasteiger partial charge on any atom is -0.474 e. The minimum absolute atomic E-state index is 0.00154. The van der Waals surface area contributed by atoms with Crippen LogP contribution < -0.4 is 42.2 Å². The Hall–Kier alpha value is -8.42. The number of carbonyl (C=O) groups is 2. The standard InChI is InChI=1S/2C26H26FN7O2/c2*1-12-17(9-31-26-24(12)29-4-5-36-26)16-6-14-7-19(30-10-18(14)23(28)22(16)27)33-25(35)21-13(2)20(21)15-8-32-34(3)11-15/h2*6-11,13,20-21,29H,4-5,28H2,1-3H3,(H,30,33,35)/t2*13-,20+,21-/m10/s1. The number of hydrogen-bond donors (Lipinski definition) is 6. The zero-order valence-corrected chi connectivity index (χ0v) is 40.3. The van der Waals surface area contributed by atoms with Crippen LogP contribution in [0.5, 0.6) is 11.8 Å². The third-order valence-electron chi connectivity index (χ3n) is 14.6. The molecule has 20 heteroatoms. The normalized spacial score (nSPS) is 20.4. The van der Waals surface area contributed by atoms with Gasteiger partial charge in [0.2, 0.25) is 23.6 Å². The first kappa shape index (κ1) is 46.0. The summed E-state index contributed by atoms with van der Waals surface area (Å²) in [6, 6.07) is 6.88. The van der Waals surface area contributed by atoms with Crippen molar-refractivity contribution < 1.29 is 27.8 Å². The van der Waals surface area contributed by atoms with E-state index >= 15 is 8.78 Å². The monoisotopic (exact) mass is 974 g/mol. The number of anilines is 6. The van der Waals surface area contributed by atoms with Gasteiger partial charge in [-0.2, -0.15) is 10.2 Å². The number of ether oxygens (including phenoxy) is 2. The Morgan fingerprint density at radius 2 is 1.04 bits per heavy atom. The van der Waals surface area contributed by atoms with Crippen molar-refractivity contribution in [1.82, 2.24) is 39.5 Å². The van der Waals surface area contributed by atoms with E-state index in [0.717, 1.165) is 33.6 Å². The van der Waals surface area contributed by atoms with Gasteiger partial charge in [0.25, 0.3) is 0 Å². The van der Waals surface area contributed by atoms with Gasteiger partial charge in [-0.25, -0.2) is 28.7 Å². The molecule has 0 spiro atoms. The van der Waals surface area contributed by atoms with Crippen LogP contribution in [-0.4, -0.2) is 77.6 Å². The first-order valence-corrected chi connectivity index (χ1v) is 23.7. The van der Waals surface area contributed by atoms with E-state index in [0.29, 0.717) is 93.5 Å². The summed E-state index contributed by atoms with van der Waals surface area (Å²) >= 11 is 0. The molecule has 6 aromatic heterocycles. The van der Waals surface area contributed by atoms with E-state index in [4.69, 9.17) is 20.9 Å². The third-order valence-corrected chi connectivity index (χ3v) is 14.6. The second-order valence-corrected chi connectivity index (χ2v) is 19.1. The van der Waals surface area contributed by atoms with E-state index in [1.807, 2.05) is 40.3 Å². The predicted molar refractivity (Wildman–Crippen MR) is 271 cm³/mol. The molecule has 72 heavy (non-hydrogen) atoms. The van der Waals surface area contributed by atoms with Gasteiger partial charge in [-0.1, -0.05) is 13.8 Å². The molecule has 0 bridgehead atoms. The average molecular weight is 975 g/mol. The quantitative estimate of drug-likeness (QED) is 0.0800. The van der Waals surface area contributed by atoms with Crippen LogP contribution in [0.3, 0.4) is 0 Å². The van der Waals surface area contributed by atoms with Crippen molar-refractivity contribution >= 4 is 67.7 Å². The second kappa shape index (κ2) is 17.8. The van der Waals surface area contributed by atoms with E-state index in [1.165, 1.54) is 12.4 Å². The number of aryl methyl sites for hydroxylation is 2. The van der Waals surface area contributed by atoms with Gasteiger partial charge in [-0.05, 0) is 83.0 Å². The summed E-state index contributed by atoms with van der Waals surface area (Å²) < 4.78 is 45.5. The number of halogens is 2. The maximum atomic E-state index is 15.4. The van der Waals surface area contributed by atoms with E-state index in [1.54, 1.807) is 58.4 Å². The number of benzene rings is 2. The predicted octanol–water partition coefficient (Wildman–Crippen LogP) is 7.71. The maximum Gasteiger partial charge on any atom is 0.237 e. The Kier molecular flexibility index (Phi) is 11.3. The maximum absolute atomic E-state index is 15.4. The van der Waals surface area contributed by atoms with Crippen molar-refractivity contribution in [3.63, 3.8) is 0 Å². The number of hydrogen-bond acceptors (Lipinski definition) is 14. The van der Waals surface area contributed by atoms with Gasteiger partial charge < -0.3 is 42.2 Å². The highest BCUT2D eigenvalue weighted by molar-refractivity contribution is 6.03. The van der Waals surface area contributed by atoms with Gasteiger partial charge in [0, 0.05) is 121 Å². The van der Waals surface area contributed by atoms with Crippen molar-refractivity contribution in [3.8, 4) is 34.0 Å². The minimum atomic E-state index is -0.534. The fourth-order valence-corrected chi connectivity index (χ4v) is 10.5. The molecule has 2 saturated carbocycles. The number of carbonyl (C=O) groups excluding carboxylic acids is 2. The lowest BCUT2D eigenvalue weighted by atomic mass is 9.97. The Bertz CT molecular complexity index is 3290. The second-order valence-electron chi connectivity index (χ2n) is 19.1. The van der Waals surface area contributed by atoms with Gasteiger partial charge in [0.1, 0.15) is 36.2 Å². The Morgan fingerprint density at radius 1 is 0.625 bits per heavy atom. The first-order chi connectivity index (χ1) is 34.7. The third kappa shape index (κ3) is 8.05. The van der Waals surface area contributed by atoms with E-state index in [-0.39, 0.29) is 58.7 Å². The number of nitrogen functional groups attached to an aromatic ring is 2. The molecule has 2 aliphatic carbocycles. The number of rotatable bonds is 8. The number of nitrogens with two attached hydrogens (primary N) is 2. The van der Waals surface area contributed by atoms with Crippen LogP contribution in [0.4, 0.5) is 43.2 Å². The Labute approximate surface area is 411 Å². The summed E-state index contributed by atoms with van der Waals surface area (Å²) in [6.07, 6.45) is 13.7. The molecule has 18 nitrogen and oxygen atoms in total. The smallest absolute Gasteiger partial charge is 0.237 e.